The lowest BCUT2D eigenvalue weighted by molar-refractivity contribution is -0.109. The van der Waals surface area contributed by atoms with Crippen molar-refractivity contribution in [1.29, 1.82) is 0 Å². The Hall–Kier alpha value is -0.710. The van der Waals surface area contributed by atoms with E-state index >= 15 is 0 Å². The van der Waals surface area contributed by atoms with Crippen LogP contribution >= 0.6 is 35.0 Å². The van der Waals surface area contributed by atoms with Gasteiger partial charge in [-0.2, -0.15) is 0 Å². The van der Waals surface area contributed by atoms with E-state index in [2.05, 4.69) is 5.32 Å². The minimum atomic E-state index is -0.137. The molecule has 0 saturated heterocycles. The number of hydrogen-bond donors (Lipinski definition) is 1. The lowest BCUT2D eigenvalue weighted by Crippen LogP contribution is -2.41. The number of carbonyl (C=O) groups is 2. The molecule has 0 aliphatic heterocycles. The van der Waals surface area contributed by atoms with Crippen LogP contribution in [0.5, 0.6) is 0 Å². The molecule has 1 aromatic rings. The van der Waals surface area contributed by atoms with E-state index < -0.39 is 0 Å². The number of hydrogen-bond acceptors (Lipinski definition) is 3. The molecule has 2 saturated carbocycles. The molecule has 2 aliphatic rings. The molecule has 0 heterocycles. The van der Waals surface area contributed by atoms with Gasteiger partial charge in [0, 0.05) is 23.7 Å². The van der Waals surface area contributed by atoms with E-state index in [-0.39, 0.29) is 16.4 Å². The maximum absolute atomic E-state index is 12.6. The number of amides is 1. The molecule has 3 nitrogen and oxygen atoms in total. The Kier molecular flexibility index (Phi) is 6.58. The first kappa shape index (κ1) is 20.0. The Morgan fingerprint density at radius 3 is 2.46 bits per heavy atom. The summed E-state index contributed by atoms with van der Waals surface area (Å²) in [5, 5.41) is 4.66. The minimum absolute atomic E-state index is 0.137. The van der Waals surface area contributed by atoms with Crippen molar-refractivity contribution in [2.24, 2.45) is 11.3 Å². The standard InChI is InChI=1S/C20H25Cl2NO2S/c1-13(24)26-16-6-8-20(9-7-16,11-14-2-3-14)12-23-19(25)17-5-4-15(21)10-18(17)22/h4-5,10,14,16H,2-3,6-9,11-12H2,1H3,(H,23,25). The molecule has 0 bridgehead atoms. The Labute approximate surface area is 169 Å². The third-order valence-corrected chi connectivity index (χ3v) is 7.23. The zero-order valence-corrected chi connectivity index (χ0v) is 17.4. The van der Waals surface area contributed by atoms with Crippen molar-refractivity contribution in [3.05, 3.63) is 33.8 Å². The first-order valence-corrected chi connectivity index (χ1v) is 10.9. The summed E-state index contributed by atoms with van der Waals surface area (Å²) in [6, 6.07) is 4.96. The third-order valence-electron chi connectivity index (χ3n) is 5.54. The third kappa shape index (κ3) is 5.40. The van der Waals surface area contributed by atoms with Crippen LogP contribution in [0, 0.1) is 11.3 Å². The molecular weight excluding hydrogens is 389 g/mol. The Balaban J connectivity index is 1.62. The van der Waals surface area contributed by atoms with E-state index in [0.717, 1.165) is 31.6 Å². The molecule has 142 valence electrons. The fraction of sp³-hybridized carbons (Fsp3) is 0.600. The summed E-state index contributed by atoms with van der Waals surface area (Å²) in [6.07, 6.45) is 8.04. The summed E-state index contributed by atoms with van der Waals surface area (Å²) in [7, 11) is 0. The molecule has 2 fully saturated rings. The highest BCUT2D eigenvalue weighted by atomic mass is 35.5. The maximum Gasteiger partial charge on any atom is 0.252 e. The molecule has 26 heavy (non-hydrogen) atoms. The highest BCUT2D eigenvalue weighted by molar-refractivity contribution is 8.14. The number of carbonyl (C=O) groups excluding carboxylic acids is 2. The van der Waals surface area contributed by atoms with Gasteiger partial charge in [0.05, 0.1) is 10.6 Å². The second-order valence-electron chi connectivity index (χ2n) is 7.76. The van der Waals surface area contributed by atoms with Gasteiger partial charge >= 0.3 is 0 Å². The fourth-order valence-corrected chi connectivity index (χ4v) is 5.42. The average molecular weight is 414 g/mol. The number of nitrogens with one attached hydrogen (secondary N) is 1. The van der Waals surface area contributed by atoms with Crippen molar-refractivity contribution in [2.75, 3.05) is 6.54 Å². The predicted octanol–water partition coefficient (Wildman–Crippen LogP) is 5.73. The lowest BCUT2D eigenvalue weighted by atomic mass is 9.70. The zero-order valence-electron chi connectivity index (χ0n) is 15.0. The van der Waals surface area contributed by atoms with Crippen LogP contribution in [0.15, 0.2) is 18.2 Å². The van der Waals surface area contributed by atoms with Gasteiger partial charge in [0.15, 0.2) is 5.12 Å². The van der Waals surface area contributed by atoms with Gasteiger partial charge in [-0.3, -0.25) is 9.59 Å². The monoisotopic (exact) mass is 413 g/mol. The lowest BCUT2D eigenvalue weighted by Gasteiger charge is -2.40. The van der Waals surface area contributed by atoms with E-state index in [1.807, 2.05) is 0 Å². The van der Waals surface area contributed by atoms with Crippen molar-refractivity contribution in [2.45, 2.75) is 57.1 Å². The molecule has 0 aromatic heterocycles. The van der Waals surface area contributed by atoms with Crippen LogP contribution in [0.2, 0.25) is 10.0 Å². The topological polar surface area (TPSA) is 46.2 Å². The molecule has 0 atom stereocenters. The van der Waals surface area contributed by atoms with Gasteiger partial charge in [-0.15, -0.1) is 0 Å². The minimum Gasteiger partial charge on any atom is -0.351 e. The molecular formula is C20H25Cl2NO2S. The van der Waals surface area contributed by atoms with Crippen molar-refractivity contribution in [1.82, 2.24) is 5.32 Å². The summed E-state index contributed by atoms with van der Waals surface area (Å²) < 4.78 is 0. The molecule has 1 aromatic carbocycles. The van der Waals surface area contributed by atoms with Crippen LogP contribution in [0.3, 0.4) is 0 Å². The molecule has 0 radical (unpaired) electrons. The van der Waals surface area contributed by atoms with Gasteiger partial charge in [-0.25, -0.2) is 0 Å². The van der Waals surface area contributed by atoms with Crippen molar-refractivity contribution in [3.63, 3.8) is 0 Å². The highest BCUT2D eigenvalue weighted by Gasteiger charge is 2.40. The van der Waals surface area contributed by atoms with Gasteiger partial charge in [0.25, 0.3) is 5.91 Å². The zero-order chi connectivity index (χ0) is 18.7. The molecule has 1 N–H and O–H groups in total. The Bertz CT molecular complexity index is 682. The van der Waals surface area contributed by atoms with Gasteiger partial charge in [-0.1, -0.05) is 47.8 Å². The second kappa shape index (κ2) is 8.53. The molecule has 6 heteroatoms. The first-order chi connectivity index (χ1) is 12.4. The van der Waals surface area contributed by atoms with E-state index in [9.17, 15) is 9.59 Å². The normalized spacial score (nSPS) is 25.7. The number of rotatable bonds is 6. The Morgan fingerprint density at radius 1 is 1.19 bits per heavy atom. The first-order valence-electron chi connectivity index (χ1n) is 9.27. The highest BCUT2D eigenvalue weighted by Crippen LogP contribution is 2.49. The summed E-state index contributed by atoms with van der Waals surface area (Å²) in [5.74, 6) is 0.671. The van der Waals surface area contributed by atoms with Crippen LogP contribution < -0.4 is 5.32 Å². The molecule has 0 unspecified atom stereocenters. The average Bonchev–Trinajstić information content (AvgIpc) is 3.38. The van der Waals surface area contributed by atoms with E-state index in [1.54, 1.807) is 25.1 Å². The molecule has 3 rings (SSSR count). The van der Waals surface area contributed by atoms with Crippen molar-refractivity contribution >= 4 is 46.0 Å². The van der Waals surface area contributed by atoms with Crippen LogP contribution in [0.25, 0.3) is 0 Å². The van der Waals surface area contributed by atoms with E-state index in [1.165, 1.54) is 31.0 Å². The van der Waals surface area contributed by atoms with Gasteiger partial charge in [-0.05, 0) is 61.6 Å². The SMILES string of the molecule is CC(=O)SC1CCC(CNC(=O)c2ccc(Cl)cc2Cl)(CC2CC2)CC1. The van der Waals surface area contributed by atoms with Crippen LogP contribution in [-0.4, -0.2) is 22.8 Å². The Morgan fingerprint density at radius 2 is 1.88 bits per heavy atom. The van der Waals surface area contributed by atoms with Crippen LogP contribution in [0.1, 0.15) is 62.2 Å². The van der Waals surface area contributed by atoms with E-state index in [0.29, 0.717) is 27.4 Å². The van der Waals surface area contributed by atoms with Crippen molar-refractivity contribution in [3.8, 4) is 0 Å². The molecule has 0 spiro atoms. The smallest absolute Gasteiger partial charge is 0.252 e. The van der Waals surface area contributed by atoms with Crippen molar-refractivity contribution < 1.29 is 9.59 Å². The summed E-state index contributed by atoms with van der Waals surface area (Å²) in [6.45, 7) is 2.32. The summed E-state index contributed by atoms with van der Waals surface area (Å²) >= 11 is 13.6. The van der Waals surface area contributed by atoms with Crippen LogP contribution in [0.4, 0.5) is 0 Å². The van der Waals surface area contributed by atoms with Gasteiger partial charge in [0.2, 0.25) is 0 Å². The largest absolute Gasteiger partial charge is 0.351 e. The van der Waals surface area contributed by atoms with Gasteiger partial charge in [0.1, 0.15) is 0 Å². The molecule has 2 aliphatic carbocycles. The quantitative estimate of drug-likeness (QED) is 0.647. The molecule has 1 amide bonds. The summed E-state index contributed by atoms with van der Waals surface area (Å²) in [4.78, 5) is 24.0. The second-order valence-corrected chi connectivity index (χ2v) is 10.1. The van der Waals surface area contributed by atoms with Crippen LogP contribution in [-0.2, 0) is 4.79 Å². The number of thioether (sulfide) groups is 1. The fourth-order valence-electron chi connectivity index (χ4n) is 3.98. The van der Waals surface area contributed by atoms with Gasteiger partial charge < -0.3 is 5.32 Å². The number of halogens is 2. The number of benzene rings is 1. The van der Waals surface area contributed by atoms with E-state index in [4.69, 9.17) is 23.2 Å². The summed E-state index contributed by atoms with van der Waals surface area (Å²) in [5.41, 5.74) is 0.627. The predicted molar refractivity (Wildman–Crippen MR) is 109 cm³/mol. The maximum atomic E-state index is 12.6.